The van der Waals surface area contributed by atoms with Crippen molar-refractivity contribution in [3.63, 3.8) is 0 Å². The van der Waals surface area contributed by atoms with Crippen LogP contribution in [0.25, 0.3) is 0 Å². The molecule has 0 bridgehead atoms. The number of carbonyl (C=O) groups is 3. The fourth-order valence-electron chi connectivity index (χ4n) is 4.22. The van der Waals surface area contributed by atoms with E-state index in [1.165, 1.54) is 0 Å². The molecular weight excluding hydrogens is 360 g/mol. The van der Waals surface area contributed by atoms with E-state index in [-0.39, 0.29) is 36.4 Å². The van der Waals surface area contributed by atoms with Gasteiger partial charge in [-0.3, -0.25) is 14.4 Å². The summed E-state index contributed by atoms with van der Waals surface area (Å²) in [5.41, 5.74) is 6.31. The minimum atomic E-state index is -0.638. The number of nitrogens with two attached hydrogens (primary N) is 1. The fraction of sp³-hybridized carbons (Fsp3) is 0.571. The Bertz CT molecular complexity index is 785. The van der Waals surface area contributed by atoms with Crippen molar-refractivity contribution in [1.82, 2.24) is 4.90 Å². The van der Waals surface area contributed by atoms with E-state index in [1.54, 1.807) is 36.3 Å². The van der Waals surface area contributed by atoms with E-state index in [2.05, 4.69) is 0 Å². The molecule has 2 saturated heterocycles. The molecule has 7 heteroatoms. The number of hydrogen-bond acceptors (Lipinski definition) is 5. The van der Waals surface area contributed by atoms with Gasteiger partial charge >= 0.3 is 0 Å². The van der Waals surface area contributed by atoms with Gasteiger partial charge in [0, 0.05) is 12.7 Å². The minimum absolute atomic E-state index is 0.0131. The van der Waals surface area contributed by atoms with Gasteiger partial charge in [-0.1, -0.05) is 39.0 Å². The van der Waals surface area contributed by atoms with E-state index in [1.807, 2.05) is 20.8 Å². The summed E-state index contributed by atoms with van der Waals surface area (Å²) in [5, 5.41) is 0. The van der Waals surface area contributed by atoms with E-state index >= 15 is 0 Å². The largest absolute Gasteiger partial charge is 0.377 e. The zero-order valence-electron chi connectivity index (χ0n) is 16.8. The van der Waals surface area contributed by atoms with Gasteiger partial charge in [-0.25, -0.2) is 0 Å². The fourth-order valence-corrected chi connectivity index (χ4v) is 4.22. The summed E-state index contributed by atoms with van der Waals surface area (Å²) in [4.78, 5) is 39.6. The number of benzene rings is 1. The van der Waals surface area contributed by atoms with E-state index < -0.39 is 24.0 Å². The highest BCUT2D eigenvalue weighted by Crippen LogP contribution is 2.38. The second-order valence-electron chi connectivity index (χ2n) is 8.72. The maximum Gasteiger partial charge on any atom is 0.249 e. The minimum Gasteiger partial charge on any atom is -0.377 e. The Kier molecular flexibility index (Phi) is 5.59. The first-order valence-electron chi connectivity index (χ1n) is 9.50. The van der Waals surface area contributed by atoms with Gasteiger partial charge < -0.3 is 20.1 Å². The highest BCUT2D eigenvalue weighted by atomic mass is 16.5. The number of carbonyl (C=O) groups excluding carboxylic acids is 3. The van der Waals surface area contributed by atoms with Crippen molar-refractivity contribution < 1.29 is 23.9 Å². The van der Waals surface area contributed by atoms with Crippen molar-refractivity contribution in [2.24, 2.45) is 11.1 Å². The molecule has 0 aliphatic carbocycles. The number of rotatable bonds is 5. The lowest BCUT2D eigenvalue weighted by Gasteiger charge is -2.31. The van der Waals surface area contributed by atoms with Crippen molar-refractivity contribution in [3.8, 4) is 0 Å². The number of Topliss-reactive ketones (excluding diaryl/α,β-unsaturated/α-hetero) is 1. The number of likely N-dealkylation sites (tertiary alicyclic amines) is 1. The molecule has 0 radical (unpaired) electrons. The smallest absolute Gasteiger partial charge is 0.249 e. The molecule has 2 aliphatic heterocycles. The van der Waals surface area contributed by atoms with Gasteiger partial charge in [-0.15, -0.1) is 0 Å². The monoisotopic (exact) mass is 388 g/mol. The van der Waals surface area contributed by atoms with Crippen molar-refractivity contribution >= 4 is 17.6 Å². The standard InChI is InChI=1S/C21H28N2O5/c1-21(2,3)9-14(12-7-5-6-8-13(12)19(22)25)20(26)23-10-16(27-4)18-17(23)15(24)11-28-18/h5-8,14,16-18H,9-11H2,1-4H3,(H2,22,25)/t14-,16+,17+,18+/m0/s1. The first-order valence-corrected chi connectivity index (χ1v) is 9.50. The second-order valence-corrected chi connectivity index (χ2v) is 8.72. The van der Waals surface area contributed by atoms with Crippen LogP contribution < -0.4 is 5.73 Å². The molecule has 1 aromatic carbocycles. The molecule has 7 nitrogen and oxygen atoms in total. The third-order valence-electron chi connectivity index (χ3n) is 5.44. The average Bonchev–Trinajstić information content (AvgIpc) is 3.19. The van der Waals surface area contributed by atoms with Crippen LogP contribution in [0, 0.1) is 5.41 Å². The van der Waals surface area contributed by atoms with E-state index in [0.29, 0.717) is 17.5 Å². The van der Waals surface area contributed by atoms with Crippen molar-refractivity contribution in [2.45, 2.75) is 51.4 Å². The zero-order chi connectivity index (χ0) is 20.6. The molecule has 4 atom stereocenters. The van der Waals surface area contributed by atoms with Crippen LogP contribution in [0.15, 0.2) is 24.3 Å². The van der Waals surface area contributed by atoms with E-state index in [0.717, 1.165) is 0 Å². The van der Waals surface area contributed by atoms with Gasteiger partial charge in [0.05, 0.1) is 12.5 Å². The van der Waals surface area contributed by atoms with Crippen LogP contribution in [0.2, 0.25) is 0 Å². The van der Waals surface area contributed by atoms with Crippen LogP contribution in [0.4, 0.5) is 0 Å². The van der Waals surface area contributed by atoms with Gasteiger partial charge in [0.1, 0.15) is 24.9 Å². The quantitative estimate of drug-likeness (QED) is 0.824. The molecule has 152 valence electrons. The van der Waals surface area contributed by atoms with E-state index in [9.17, 15) is 14.4 Å². The summed E-state index contributed by atoms with van der Waals surface area (Å²) < 4.78 is 11.0. The predicted octanol–water partition coefficient (Wildman–Crippen LogP) is 1.50. The molecule has 3 rings (SSSR count). The number of amides is 2. The number of methoxy groups -OCH3 is 1. The summed E-state index contributed by atoms with van der Waals surface area (Å²) in [6.45, 7) is 6.38. The lowest BCUT2D eigenvalue weighted by molar-refractivity contribution is -0.138. The molecule has 2 N–H and O–H groups in total. The summed E-state index contributed by atoms with van der Waals surface area (Å²) in [6.07, 6.45) is -0.276. The molecule has 0 aromatic heterocycles. The van der Waals surface area contributed by atoms with Crippen LogP contribution >= 0.6 is 0 Å². The first kappa shape index (κ1) is 20.5. The SMILES string of the molecule is CO[C@@H]1CN(C(=O)[C@@H](CC(C)(C)C)c2ccccc2C(N)=O)[C@@H]2C(=O)CO[C@@H]21. The number of nitrogens with zero attached hydrogens (tertiary/aromatic N) is 1. The van der Waals surface area contributed by atoms with Crippen LogP contribution in [-0.4, -0.2) is 61.0 Å². The van der Waals surface area contributed by atoms with Crippen molar-refractivity contribution in [3.05, 3.63) is 35.4 Å². The highest BCUT2D eigenvalue weighted by molar-refractivity contribution is 5.98. The van der Waals surface area contributed by atoms with Crippen molar-refractivity contribution in [1.29, 1.82) is 0 Å². The maximum absolute atomic E-state index is 13.7. The van der Waals surface area contributed by atoms with Gasteiger partial charge in [0.15, 0.2) is 5.78 Å². The van der Waals surface area contributed by atoms with Crippen LogP contribution in [0.3, 0.4) is 0 Å². The van der Waals surface area contributed by atoms with E-state index in [4.69, 9.17) is 15.2 Å². The lowest BCUT2D eigenvalue weighted by atomic mass is 9.79. The van der Waals surface area contributed by atoms with Gasteiger partial charge in [-0.2, -0.15) is 0 Å². The molecule has 28 heavy (non-hydrogen) atoms. The zero-order valence-corrected chi connectivity index (χ0v) is 16.8. The molecule has 2 amide bonds. The summed E-state index contributed by atoms with van der Waals surface area (Å²) >= 11 is 0. The normalized spacial score (nSPS) is 25.6. The Balaban J connectivity index is 2.01. The molecule has 0 unspecified atom stereocenters. The molecule has 0 saturated carbocycles. The van der Waals surface area contributed by atoms with Crippen LogP contribution in [0.1, 0.15) is 49.0 Å². The topological polar surface area (TPSA) is 98.9 Å². The Morgan fingerprint density at radius 3 is 2.61 bits per heavy atom. The number of ketones is 1. The number of primary amides is 1. The van der Waals surface area contributed by atoms with Gasteiger partial charge in [-0.05, 0) is 23.5 Å². The Morgan fingerprint density at radius 2 is 2.00 bits per heavy atom. The number of ether oxygens (including phenoxy) is 2. The molecule has 2 fully saturated rings. The molecule has 2 heterocycles. The summed E-state index contributed by atoms with van der Waals surface area (Å²) in [5.74, 6) is -1.47. The van der Waals surface area contributed by atoms with Crippen LogP contribution in [0.5, 0.6) is 0 Å². The number of fused-ring (bicyclic) bond motifs is 1. The third-order valence-corrected chi connectivity index (χ3v) is 5.44. The second kappa shape index (κ2) is 7.64. The predicted molar refractivity (Wildman–Crippen MR) is 103 cm³/mol. The molecule has 2 aliphatic rings. The molecule has 0 spiro atoms. The van der Waals surface area contributed by atoms with Gasteiger partial charge in [0.2, 0.25) is 11.8 Å². The Hall–Kier alpha value is -2.25. The number of hydrogen-bond donors (Lipinski definition) is 1. The molecular formula is C21H28N2O5. The highest BCUT2D eigenvalue weighted by Gasteiger charge is 2.53. The van der Waals surface area contributed by atoms with Crippen LogP contribution in [-0.2, 0) is 19.1 Å². The maximum atomic E-state index is 13.7. The Morgan fingerprint density at radius 1 is 1.32 bits per heavy atom. The summed E-state index contributed by atoms with van der Waals surface area (Å²) in [6, 6.07) is 6.28. The Labute approximate surface area is 165 Å². The molecule has 1 aromatic rings. The van der Waals surface area contributed by atoms with Crippen molar-refractivity contribution in [2.75, 3.05) is 20.3 Å². The lowest BCUT2D eigenvalue weighted by Crippen LogP contribution is -2.45. The first-order chi connectivity index (χ1) is 13.1. The summed E-state index contributed by atoms with van der Waals surface area (Å²) in [7, 11) is 1.55. The third kappa shape index (κ3) is 3.82. The van der Waals surface area contributed by atoms with Gasteiger partial charge in [0.25, 0.3) is 0 Å². The average molecular weight is 388 g/mol.